The van der Waals surface area contributed by atoms with E-state index in [9.17, 15) is 4.39 Å². The number of rotatable bonds is 7. The number of hydrogen-bond donors (Lipinski definition) is 1. The molecule has 0 aliphatic carbocycles. The molecule has 4 heteroatoms. The average Bonchev–Trinajstić information content (AvgIpc) is 2.80. The zero-order valence-electron chi connectivity index (χ0n) is 12.9. The Morgan fingerprint density at radius 3 is 2.52 bits per heavy atom. The van der Waals surface area contributed by atoms with Gasteiger partial charge in [0.05, 0.1) is 5.69 Å². The molecule has 1 aromatic heterocycles. The number of halogens is 1. The van der Waals surface area contributed by atoms with E-state index in [0.717, 1.165) is 41.8 Å². The van der Waals surface area contributed by atoms with Gasteiger partial charge in [0.1, 0.15) is 11.6 Å². The van der Waals surface area contributed by atoms with Crippen molar-refractivity contribution in [2.75, 3.05) is 0 Å². The molecule has 0 saturated heterocycles. The monoisotopic (exact) mass is 290 g/mol. The summed E-state index contributed by atoms with van der Waals surface area (Å²) >= 11 is 0. The molecule has 0 aliphatic heterocycles. The molecule has 0 saturated carbocycles. The lowest BCUT2D eigenvalue weighted by molar-refractivity contribution is 0.391. The second kappa shape index (κ2) is 7.36. The first-order chi connectivity index (χ1) is 10.1. The summed E-state index contributed by atoms with van der Waals surface area (Å²) < 4.78 is 18.3. The minimum Gasteiger partial charge on any atom is -0.361 e. The number of benzene rings is 1. The number of unbranched alkanes of at least 4 members (excludes halogenated alkanes) is 1. The van der Waals surface area contributed by atoms with E-state index in [-0.39, 0.29) is 11.9 Å². The molecular weight excluding hydrogens is 267 g/mol. The van der Waals surface area contributed by atoms with Gasteiger partial charge in [-0.05, 0) is 38.0 Å². The summed E-state index contributed by atoms with van der Waals surface area (Å²) in [6.07, 6.45) is 3.31. The molecule has 2 rings (SSSR count). The van der Waals surface area contributed by atoms with Crippen molar-refractivity contribution >= 4 is 0 Å². The van der Waals surface area contributed by atoms with Crippen LogP contribution in [0.1, 0.15) is 54.8 Å². The Morgan fingerprint density at radius 1 is 1.24 bits per heavy atom. The molecule has 0 fully saturated rings. The molecule has 0 bridgehead atoms. The summed E-state index contributed by atoms with van der Waals surface area (Å²) in [5, 5.41) is 7.53. The largest absolute Gasteiger partial charge is 0.361 e. The van der Waals surface area contributed by atoms with Crippen LogP contribution in [0.3, 0.4) is 0 Å². The molecule has 3 nitrogen and oxygen atoms in total. The van der Waals surface area contributed by atoms with Crippen LogP contribution in [-0.4, -0.2) is 5.16 Å². The standard InChI is InChI=1S/C17H23FN2O/c1-4-5-6-17(14-7-9-15(18)10-8-14)19-11-16-12(2)20-21-13(16)3/h7-10,17,19H,4-6,11H2,1-3H3. The normalized spacial score (nSPS) is 12.6. The third-order valence-corrected chi connectivity index (χ3v) is 3.83. The van der Waals surface area contributed by atoms with E-state index >= 15 is 0 Å². The summed E-state index contributed by atoms with van der Waals surface area (Å²) in [7, 11) is 0. The van der Waals surface area contributed by atoms with E-state index in [1.54, 1.807) is 0 Å². The molecule has 1 atom stereocenters. The van der Waals surface area contributed by atoms with Gasteiger partial charge in [-0.25, -0.2) is 4.39 Å². The van der Waals surface area contributed by atoms with Crippen LogP contribution in [0.25, 0.3) is 0 Å². The maximum absolute atomic E-state index is 13.1. The second-order valence-corrected chi connectivity index (χ2v) is 5.43. The van der Waals surface area contributed by atoms with Crippen molar-refractivity contribution < 1.29 is 8.91 Å². The second-order valence-electron chi connectivity index (χ2n) is 5.43. The van der Waals surface area contributed by atoms with Gasteiger partial charge in [-0.3, -0.25) is 0 Å². The van der Waals surface area contributed by atoms with Crippen LogP contribution < -0.4 is 5.32 Å². The first-order valence-corrected chi connectivity index (χ1v) is 7.52. The summed E-state index contributed by atoms with van der Waals surface area (Å²) in [5.41, 5.74) is 3.16. The molecule has 0 amide bonds. The van der Waals surface area contributed by atoms with Gasteiger partial charge in [0.25, 0.3) is 0 Å². The fourth-order valence-corrected chi connectivity index (χ4v) is 2.47. The Hall–Kier alpha value is -1.68. The van der Waals surface area contributed by atoms with Crippen LogP contribution in [0, 0.1) is 19.7 Å². The van der Waals surface area contributed by atoms with Crippen molar-refractivity contribution in [2.24, 2.45) is 0 Å². The lowest BCUT2D eigenvalue weighted by Crippen LogP contribution is -2.21. The molecule has 1 unspecified atom stereocenters. The zero-order chi connectivity index (χ0) is 15.2. The van der Waals surface area contributed by atoms with E-state index < -0.39 is 0 Å². The van der Waals surface area contributed by atoms with E-state index in [2.05, 4.69) is 17.4 Å². The van der Waals surface area contributed by atoms with Gasteiger partial charge in [-0.15, -0.1) is 0 Å². The summed E-state index contributed by atoms with van der Waals surface area (Å²) in [5.74, 6) is 0.659. The predicted molar refractivity (Wildman–Crippen MR) is 81.5 cm³/mol. The van der Waals surface area contributed by atoms with Crippen molar-refractivity contribution in [1.29, 1.82) is 0 Å². The quantitative estimate of drug-likeness (QED) is 0.818. The third-order valence-electron chi connectivity index (χ3n) is 3.83. The molecule has 21 heavy (non-hydrogen) atoms. The SMILES string of the molecule is CCCCC(NCc1c(C)noc1C)c1ccc(F)cc1. The van der Waals surface area contributed by atoms with Gasteiger partial charge >= 0.3 is 0 Å². The topological polar surface area (TPSA) is 38.1 Å². The van der Waals surface area contributed by atoms with Gasteiger partial charge in [0.2, 0.25) is 0 Å². The van der Waals surface area contributed by atoms with E-state index in [1.807, 2.05) is 26.0 Å². The molecule has 1 aromatic carbocycles. The highest BCUT2D eigenvalue weighted by molar-refractivity contribution is 5.23. The average molecular weight is 290 g/mol. The molecule has 0 spiro atoms. The lowest BCUT2D eigenvalue weighted by atomic mass is 10.0. The Kier molecular flexibility index (Phi) is 5.51. The molecule has 0 aliphatic rings. The molecular formula is C17H23FN2O. The lowest BCUT2D eigenvalue weighted by Gasteiger charge is -2.19. The van der Waals surface area contributed by atoms with E-state index in [0.29, 0.717) is 6.54 Å². The Balaban J connectivity index is 2.07. The fourth-order valence-electron chi connectivity index (χ4n) is 2.47. The van der Waals surface area contributed by atoms with Crippen LogP contribution in [0.2, 0.25) is 0 Å². The van der Waals surface area contributed by atoms with Gasteiger partial charge < -0.3 is 9.84 Å². The van der Waals surface area contributed by atoms with Crippen molar-refractivity contribution in [1.82, 2.24) is 10.5 Å². The number of aromatic nitrogens is 1. The van der Waals surface area contributed by atoms with Gasteiger partial charge in [0, 0.05) is 18.2 Å². The van der Waals surface area contributed by atoms with Crippen molar-refractivity contribution in [3.05, 3.63) is 52.7 Å². The van der Waals surface area contributed by atoms with Crippen LogP contribution in [0.4, 0.5) is 4.39 Å². The fraction of sp³-hybridized carbons (Fsp3) is 0.471. The van der Waals surface area contributed by atoms with E-state index in [1.165, 1.54) is 12.1 Å². The minimum atomic E-state index is -0.196. The number of nitrogens with zero attached hydrogens (tertiary/aromatic N) is 1. The van der Waals surface area contributed by atoms with Crippen molar-refractivity contribution in [2.45, 2.75) is 52.6 Å². The first-order valence-electron chi connectivity index (χ1n) is 7.52. The number of hydrogen-bond acceptors (Lipinski definition) is 3. The van der Waals surface area contributed by atoms with Crippen molar-refractivity contribution in [3.63, 3.8) is 0 Å². The summed E-state index contributed by atoms with van der Waals surface area (Å²) in [6.45, 7) is 6.77. The molecule has 2 aromatic rings. The van der Waals surface area contributed by atoms with Crippen LogP contribution in [0.5, 0.6) is 0 Å². The van der Waals surface area contributed by atoms with Gasteiger partial charge in [-0.1, -0.05) is 37.1 Å². The Bertz CT molecular complexity index is 543. The highest BCUT2D eigenvalue weighted by Crippen LogP contribution is 2.21. The maximum Gasteiger partial charge on any atom is 0.138 e. The van der Waals surface area contributed by atoms with Crippen molar-refractivity contribution in [3.8, 4) is 0 Å². The third kappa shape index (κ3) is 4.14. The number of nitrogens with one attached hydrogen (secondary N) is 1. The first kappa shape index (κ1) is 15.7. The number of aryl methyl sites for hydroxylation is 2. The molecule has 114 valence electrons. The molecule has 0 radical (unpaired) electrons. The molecule has 1 N–H and O–H groups in total. The zero-order valence-corrected chi connectivity index (χ0v) is 12.9. The predicted octanol–water partition coefficient (Wildman–Crippen LogP) is 4.45. The summed E-state index contributed by atoms with van der Waals surface area (Å²) in [4.78, 5) is 0. The smallest absolute Gasteiger partial charge is 0.138 e. The highest BCUT2D eigenvalue weighted by Gasteiger charge is 2.14. The highest BCUT2D eigenvalue weighted by atomic mass is 19.1. The van der Waals surface area contributed by atoms with Crippen LogP contribution >= 0.6 is 0 Å². The van der Waals surface area contributed by atoms with Crippen LogP contribution in [-0.2, 0) is 6.54 Å². The van der Waals surface area contributed by atoms with E-state index in [4.69, 9.17) is 4.52 Å². The van der Waals surface area contributed by atoms with Crippen LogP contribution in [0.15, 0.2) is 28.8 Å². The summed E-state index contributed by atoms with van der Waals surface area (Å²) in [6, 6.07) is 6.98. The van der Waals surface area contributed by atoms with Gasteiger partial charge in [0.15, 0.2) is 0 Å². The molecule has 1 heterocycles. The van der Waals surface area contributed by atoms with Gasteiger partial charge in [-0.2, -0.15) is 0 Å². The minimum absolute atomic E-state index is 0.196. The maximum atomic E-state index is 13.1. The Labute approximate surface area is 125 Å². The Morgan fingerprint density at radius 2 is 1.95 bits per heavy atom.